The lowest BCUT2D eigenvalue weighted by molar-refractivity contribution is -0.117. The number of hydrogen-bond donors (Lipinski definition) is 1. The van der Waals surface area contributed by atoms with Crippen molar-refractivity contribution in [3.63, 3.8) is 0 Å². The first-order chi connectivity index (χ1) is 7.43. The average molecular weight is 281 g/mol. The molecule has 3 nitrogen and oxygen atoms in total. The van der Waals surface area contributed by atoms with Crippen LogP contribution >= 0.6 is 15.9 Å². The number of nitrogens with zero attached hydrogens (tertiary/aromatic N) is 1. The number of benzene rings is 1. The van der Waals surface area contributed by atoms with E-state index < -0.39 is 4.32 Å². The lowest BCUT2D eigenvalue weighted by Gasteiger charge is -2.15. The maximum Gasteiger partial charge on any atom is 0.240 e. The van der Waals surface area contributed by atoms with Crippen LogP contribution in [0.2, 0.25) is 0 Å². The minimum atomic E-state index is -0.585. The molecular weight excluding hydrogens is 268 g/mol. The second-order valence-corrected chi connectivity index (χ2v) is 5.94. The van der Waals surface area contributed by atoms with Crippen molar-refractivity contribution < 1.29 is 4.79 Å². The second-order valence-electron chi connectivity index (χ2n) is 3.96. The van der Waals surface area contributed by atoms with E-state index in [9.17, 15) is 4.79 Å². The van der Waals surface area contributed by atoms with Gasteiger partial charge in [0.2, 0.25) is 5.91 Å². The molecule has 0 bridgehead atoms. The summed E-state index contributed by atoms with van der Waals surface area (Å²) >= 11 is 3.29. The zero-order valence-corrected chi connectivity index (χ0v) is 10.8. The highest BCUT2D eigenvalue weighted by atomic mass is 79.9. The number of hydrogen-bond acceptors (Lipinski definition) is 2. The Morgan fingerprint density at radius 1 is 1.44 bits per heavy atom. The maximum atomic E-state index is 11.6. The van der Waals surface area contributed by atoms with Gasteiger partial charge in [0.05, 0.1) is 16.8 Å². The van der Waals surface area contributed by atoms with Gasteiger partial charge in [0.25, 0.3) is 0 Å². The molecule has 0 saturated carbocycles. The summed E-state index contributed by atoms with van der Waals surface area (Å²) in [5.41, 5.74) is 1.68. The molecule has 84 valence electrons. The molecule has 0 aliphatic rings. The van der Waals surface area contributed by atoms with Crippen LogP contribution in [0.25, 0.3) is 0 Å². The van der Waals surface area contributed by atoms with Crippen LogP contribution in [0, 0.1) is 11.3 Å². The first-order valence-electron chi connectivity index (χ1n) is 4.90. The van der Waals surface area contributed by atoms with Crippen molar-refractivity contribution in [1.82, 2.24) is 0 Å². The van der Waals surface area contributed by atoms with Crippen molar-refractivity contribution in [3.8, 4) is 6.07 Å². The minimum Gasteiger partial charge on any atom is -0.325 e. The molecule has 0 radical (unpaired) electrons. The van der Waals surface area contributed by atoms with Gasteiger partial charge in [0.1, 0.15) is 0 Å². The van der Waals surface area contributed by atoms with Crippen LogP contribution < -0.4 is 5.32 Å². The monoisotopic (exact) mass is 280 g/mol. The van der Waals surface area contributed by atoms with E-state index in [4.69, 9.17) is 5.26 Å². The van der Waals surface area contributed by atoms with Gasteiger partial charge in [-0.05, 0) is 31.5 Å². The molecular formula is C12H13BrN2O. The molecule has 0 spiro atoms. The van der Waals surface area contributed by atoms with Gasteiger partial charge >= 0.3 is 0 Å². The Hall–Kier alpha value is -1.34. The number of rotatable bonds is 3. The zero-order valence-electron chi connectivity index (χ0n) is 9.25. The van der Waals surface area contributed by atoms with Crippen LogP contribution in [0.15, 0.2) is 24.3 Å². The fraction of sp³-hybridized carbons (Fsp3) is 0.333. The molecule has 1 aromatic rings. The SMILES string of the molecule is CC(C)(Br)C(=O)Nc1ccc(CC#N)cc1. The van der Waals surface area contributed by atoms with E-state index >= 15 is 0 Å². The fourth-order valence-corrected chi connectivity index (χ4v) is 1.18. The lowest BCUT2D eigenvalue weighted by atomic mass is 10.1. The molecule has 0 aliphatic carbocycles. The van der Waals surface area contributed by atoms with Crippen LogP contribution in [0.4, 0.5) is 5.69 Å². The van der Waals surface area contributed by atoms with Crippen molar-refractivity contribution in [3.05, 3.63) is 29.8 Å². The van der Waals surface area contributed by atoms with Crippen LogP contribution in [0.3, 0.4) is 0 Å². The lowest BCUT2D eigenvalue weighted by Crippen LogP contribution is -2.30. The van der Waals surface area contributed by atoms with Crippen molar-refractivity contribution in [1.29, 1.82) is 5.26 Å². The van der Waals surface area contributed by atoms with E-state index in [0.29, 0.717) is 6.42 Å². The van der Waals surface area contributed by atoms with Gasteiger partial charge in [-0.2, -0.15) is 5.26 Å². The van der Waals surface area contributed by atoms with E-state index in [1.54, 1.807) is 26.0 Å². The molecule has 1 rings (SSSR count). The quantitative estimate of drug-likeness (QED) is 0.866. The van der Waals surface area contributed by atoms with Gasteiger partial charge in [0.15, 0.2) is 0 Å². The number of anilines is 1. The minimum absolute atomic E-state index is 0.0967. The number of carbonyl (C=O) groups excluding carboxylic acids is 1. The van der Waals surface area contributed by atoms with E-state index in [-0.39, 0.29) is 5.91 Å². The Kier molecular flexibility index (Phi) is 4.08. The van der Waals surface area contributed by atoms with Crippen LogP contribution in [-0.2, 0) is 11.2 Å². The largest absolute Gasteiger partial charge is 0.325 e. The summed E-state index contributed by atoms with van der Waals surface area (Å²) in [5, 5.41) is 11.3. The number of carbonyl (C=O) groups is 1. The van der Waals surface area contributed by atoms with E-state index in [1.165, 1.54) is 0 Å². The normalized spacial score (nSPS) is 10.6. The van der Waals surface area contributed by atoms with Crippen molar-refractivity contribution in [2.75, 3.05) is 5.32 Å². The van der Waals surface area contributed by atoms with Crippen molar-refractivity contribution in [2.45, 2.75) is 24.6 Å². The molecule has 1 aromatic carbocycles. The summed E-state index contributed by atoms with van der Waals surface area (Å²) in [6.07, 6.45) is 0.387. The molecule has 4 heteroatoms. The summed E-state index contributed by atoms with van der Waals surface area (Å²) in [6, 6.07) is 9.33. The molecule has 0 aliphatic heterocycles. The van der Waals surface area contributed by atoms with Gasteiger partial charge < -0.3 is 5.32 Å². The summed E-state index contributed by atoms with van der Waals surface area (Å²) < 4.78 is -0.585. The summed E-state index contributed by atoms with van der Waals surface area (Å²) in [5.74, 6) is -0.0967. The Morgan fingerprint density at radius 3 is 2.44 bits per heavy atom. The molecule has 1 amide bonds. The van der Waals surface area contributed by atoms with Gasteiger partial charge in [-0.1, -0.05) is 28.1 Å². The highest BCUT2D eigenvalue weighted by Gasteiger charge is 2.23. The highest BCUT2D eigenvalue weighted by molar-refractivity contribution is 9.10. The van der Waals surface area contributed by atoms with Crippen LogP contribution in [-0.4, -0.2) is 10.2 Å². The Balaban J connectivity index is 2.70. The number of amides is 1. The predicted octanol–water partition coefficient (Wildman–Crippen LogP) is 2.86. The smallest absolute Gasteiger partial charge is 0.240 e. The Bertz CT molecular complexity index is 412. The molecule has 0 atom stereocenters. The third-order valence-electron chi connectivity index (χ3n) is 2.03. The van der Waals surface area contributed by atoms with E-state index in [0.717, 1.165) is 11.3 Å². The maximum absolute atomic E-state index is 11.6. The molecule has 0 heterocycles. The second kappa shape index (κ2) is 5.13. The van der Waals surface area contributed by atoms with Crippen LogP contribution in [0.5, 0.6) is 0 Å². The number of alkyl halides is 1. The van der Waals surface area contributed by atoms with E-state index in [1.807, 2.05) is 12.1 Å². The van der Waals surface area contributed by atoms with Gasteiger partial charge in [-0.15, -0.1) is 0 Å². The topological polar surface area (TPSA) is 52.9 Å². The molecule has 0 aromatic heterocycles. The third kappa shape index (κ3) is 3.67. The van der Waals surface area contributed by atoms with Crippen molar-refractivity contribution >= 4 is 27.5 Å². The third-order valence-corrected chi connectivity index (χ3v) is 2.40. The van der Waals surface area contributed by atoms with Gasteiger partial charge in [0, 0.05) is 5.69 Å². The molecule has 0 fully saturated rings. The standard InChI is InChI=1S/C12H13BrN2O/c1-12(2,13)11(16)15-10-5-3-9(4-6-10)7-8-14/h3-6H,7H2,1-2H3,(H,15,16). The first-order valence-corrected chi connectivity index (χ1v) is 5.69. The molecule has 1 N–H and O–H groups in total. The molecule has 0 unspecified atom stereocenters. The number of nitriles is 1. The fourth-order valence-electron chi connectivity index (χ4n) is 1.08. The molecule has 0 saturated heterocycles. The predicted molar refractivity (Wildman–Crippen MR) is 67.4 cm³/mol. The Morgan fingerprint density at radius 2 is 2.00 bits per heavy atom. The van der Waals surface area contributed by atoms with Gasteiger partial charge in [-0.25, -0.2) is 0 Å². The van der Waals surface area contributed by atoms with Crippen LogP contribution in [0.1, 0.15) is 19.4 Å². The zero-order chi connectivity index (χ0) is 12.2. The van der Waals surface area contributed by atoms with E-state index in [2.05, 4.69) is 27.3 Å². The summed E-state index contributed by atoms with van der Waals surface area (Å²) in [4.78, 5) is 11.6. The average Bonchev–Trinajstić information content (AvgIpc) is 2.20. The first kappa shape index (κ1) is 12.7. The summed E-state index contributed by atoms with van der Waals surface area (Å²) in [7, 11) is 0. The molecule has 16 heavy (non-hydrogen) atoms. The Labute approximate surface area is 104 Å². The summed E-state index contributed by atoms with van der Waals surface area (Å²) in [6.45, 7) is 3.57. The highest BCUT2D eigenvalue weighted by Crippen LogP contribution is 2.19. The number of nitrogens with one attached hydrogen (secondary N) is 1. The van der Waals surface area contributed by atoms with Gasteiger partial charge in [-0.3, -0.25) is 4.79 Å². The van der Waals surface area contributed by atoms with Crippen molar-refractivity contribution in [2.24, 2.45) is 0 Å². The number of halogens is 1.